The average molecular weight is 284 g/mol. The van der Waals surface area contributed by atoms with Crippen LogP contribution in [0.25, 0.3) is 0 Å². The summed E-state index contributed by atoms with van der Waals surface area (Å²) >= 11 is 0. The summed E-state index contributed by atoms with van der Waals surface area (Å²) in [6.07, 6.45) is 0. The maximum Gasteiger partial charge on any atom is 0.320 e. The Bertz CT molecular complexity index is 437. The SMILES string of the molecule is C[C@H](NCC(=O)OC(C)(C)C)c1nc(CN(C)C)no1. The van der Waals surface area contributed by atoms with E-state index in [1.165, 1.54) is 0 Å². The zero-order valence-electron chi connectivity index (χ0n) is 13.1. The van der Waals surface area contributed by atoms with Crippen LogP contribution in [-0.4, -0.2) is 47.3 Å². The van der Waals surface area contributed by atoms with E-state index in [2.05, 4.69) is 15.5 Å². The van der Waals surface area contributed by atoms with Crippen LogP contribution in [0.4, 0.5) is 0 Å². The Labute approximate surface area is 119 Å². The molecule has 0 fully saturated rings. The fourth-order valence-electron chi connectivity index (χ4n) is 1.49. The number of ether oxygens (including phenoxy) is 1. The summed E-state index contributed by atoms with van der Waals surface area (Å²) in [4.78, 5) is 17.8. The summed E-state index contributed by atoms with van der Waals surface area (Å²) in [7, 11) is 3.86. The fraction of sp³-hybridized carbons (Fsp3) is 0.769. The lowest BCUT2D eigenvalue weighted by Crippen LogP contribution is -2.32. The molecular formula is C13H24N4O3. The van der Waals surface area contributed by atoms with Crippen molar-refractivity contribution < 1.29 is 14.1 Å². The van der Waals surface area contributed by atoms with Gasteiger partial charge in [0.1, 0.15) is 5.60 Å². The van der Waals surface area contributed by atoms with Gasteiger partial charge < -0.3 is 14.2 Å². The van der Waals surface area contributed by atoms with E-state index >= 15 is 0 Å². The third-order valence-electron chi connectivity index (χ3n) is 2.28. The number of esters is 1. The normalized spacial score (nSPS) is 13.6. The Balaban J connectivity index is 2.44. The molecule has 0 unspecified atom stereocenters. The van der Waals surface area contributed by atoms with Crippen LogP contribution < -0.4 is 5.32 Å². The minimum Gasteiger partial charge on any atom is -0.459 e. The highest BCUT2D eigenvalue weighted by Gasteiger charge is 2.19. The number of carbonyl (C=O) groups is 1. The van der Waals surface area contributed by atoms with Crippen LogP contribution in [0.1, 0.15) is 45.5 Å². The van der Waals surface area contributed by atoms with Crippen LogP contribution in [0, 0.1) is 0 Å². The molecular weight excluding hydrogens is 260 g/mol. The molecule has 114 valence electrons. The first-order valence-corrected chi connectivity index (χ1v) is 6.60. The molecule has 1 N–H and O–H groups in total. The zero-order valence-corrected chi connectivity index (χ0v) is 13.1. The fourth-order valence-corrected chi connectivity index (χ4v) is 1.49. The average Bonchev–Trinajstić information content (AvgIpc) is 2.71. The van der Waals surface area contributed by atoms with E-state index in [4.69, 9.17) is 9.26 Å². The molecule has 1 atom stereocenters. The third kappa shape index (κ3) is 6.12. The molecule has 20 heavy (non-hydrogen) atoms. The largest absolute Gasteiger partial charge is 0.459 e. The van der Waals surface area contributed by atoms with Crippen molar-refractivity contribution in [2.75, 3.05) is 20.6 Å². The summed E-state index contributed by atoms with van der Waals surface area (Å²) in [6.45, 7) is 8.07. The molecule has 0 aliphatic rings. The Morgan fingerprint density at radius 1 is 1.45 bits per heavy atom. The zero-order chi connectivity index (χ0) is 15.3. The molecule has 1 aromatic rings. The summed E-state index contributed by atoms with van der Waals surface area (Å²) in [6, 6.07) is -0.203. The van der Waals surface area contributed by atoms with E-state index in [1.807, 2.05) is 46.7 Å². The highest BCUT2D eigenvalue weighted by Crippen LogP contribution is 2.11. The van der Waals surface area contributed by atoms with Gasteiger partial charge in [-0.2, -0.15) is 4.98 Å². The lowest BCUT2D eigenvalue weighted by atomic mass is 10.2. The summed E-state index contributed by atoms with van der Waals surface area (Å²) in [5.74, 6) is 0.777. The van der Waals surface area contributed by atoms with E-state index in [0.717, 1.165) is 0 Å². The van der Waals surface area contributed by atoms with Gasteiger partial charge in [-0.3, -0.25) is 10.1 Å². The molecule has 0 amide bonds. The Morgan fingerprint density at radius 3 is 2.65 bits per heavy atom. The number of hydrogen-bond acceptors (Lipinski definition) is 7. The number of rotatable bonds is 6. The quantitative estimate of drug-likeness (QED) is 0.784. The molecule has 0 aliphatic heterocycles. The van der Waals surface area contributed by atoms with Crippen molar-refractivity contribution in [3.63, 3.8) is 0 Å². The predicted octanol–water partition coefficient (Wildman–Crippen LogP) is 1.12. The van der Waals surface area contributed by atoms with Crippen molar-refractivity contribution in [2.45, 2.75) is 45.9 Å². The predicted molar refractivity (Wildman–Crippen MR) is 74.0 cm³/mol. The molecule has 0 spiro atoms. The summed E-state index contributed by atoms with van der Waals surface area (Å²) in [5.41, 5.74) is -0.481. The van der Waals surface area contributed by atoms with Gasteiger partial charge in [-0.05, 0) is 41.8 Å². The summed E-state index contributed by atoms with van der Waals surface area (Å²) < 4.78 is 10.4. The highest BCUT2D eigenvalue weighted by atomic mass is 16.6. The van der Waals surface area contributed by atoms with Crippen molar-refractivity contribution in [3.05, 3.63) is 11.7 Å². The monoisotopic (exact) mass is 284 g/mol. The second-order valence-electron chi connectivity index (χ2n) is 5.98. The van der Waals surface area contributed by atoms with Crippen molar-refractivity contribution in [3.8, 4) is 0 Å². The van der Waals surface area contributed by atoms with Crippen LogP contribution in [0.5, 0.6) is 0 Å². The molecule has 0 radical (unpaired) electrons. The van der Waals surface area contributed by atoms with Crippen molar-refractivity contribution in [1.82, 2.24) is 20.4 Å². The lowest BCUT2D eigenvalue weighted by molar-refractivity contribution is -0.153. The van der Waals surface area contributed by atoms with E-state index in [0.29, 0.717) is 18.3 Å². The van der Waals surface area contributed by atoms with Gasteiger partial charge in [0.05, 0.1) is 19.1 Å². The molecule has 0 aliphatic carbocycles. The summed E-state index contributed by atoms with van der Waals surface area (Å²) in [5, 5.41) is 6.88. The van der Waals surface area contributed by atoms with Crippen LogP contribution in [0.2, 0.25) is 0 Å². The smallest absolute Gasteiger partial charge is 0.320 e. The van der Waals surface area contributed by atoms with E-state index in [1.54, 1.807) is 0 Å². The van der Waals surface area contributed by atoms with Crippen molar-refractivity contribution >= 4 is 5.97 Å². The Hall–Kier alpha value is -1.47. The van der Waals surface area contributed by atoms with Crippen LogP contribution in [-0.2, 0) is 16.1 Å². The van der Waals surface area contributed by atoms with Crippen LogP contribution >= 0.6 is 0 Å². The standard InChI is InChI=1S/C13H24N4O3/c1-9(14-7-11(18)19-13(2,3)4)12-15-10(16-20-12)8-17(5)6/h9,14H,7-8H2,1-6H3/t9-/m0/s1. The molecule has 0 aromatic carbocycles. The molecule has 0 bridgehead atoms. The molecule has 0 saturated heterocycles. The van der Waals surface area contributed by atoms with Gasteiger partial charge >= 0.3 is 5.97 Å². The first-order valence-electron chi connectivity index (χ1n) is 6.60. The number of hydrogen-bond donors (Lipinski definition) is 1. The van der Waals surface area contributed by atoms with Crippen LogP contribution in [0.3, 0.4) is 0 Å². The van der Waals surface area contributed by atoms with Gasteiger partial charge in [-0.15, -0.1) is 0 Å². The number of nitrogens with one attached hydrogen (secondary N) is 1. The van der Waals surface area contributed by atoms with Gasteiger partial charge in [-0.25, -0.2) is 0 Å². The lowest BCUT2D eigenvalue weighted by Gasteiger charge is -2.20. The molecule has 7 nitrogen and oxygen atoms in total. The van der Waals surface area contributed by atoms with E-state index in [9.17, 15) is 4.79 Å². The first kappa shape index (κ1) is 16.6. The van der Waals surface area contributed by atoms with E-state index in [-0.39, 0.29) is 18.6 Å². The highest BCUT2D eigenvalue weighted by molar-refractivity contribution is 5.72. The Kier molecular flexibility index (Phi) is 5.64. The molecule has 1 heterocycles. The van der Waals surface area contributed by atoms with Crippen LogP contribution in [0.15, 0.2) is 4.52 Å². The molecule has 1 rings (SSSR count). The maximum atomic E-state index is 11.6. The van der Waals surface area contributed by atoms with Gasteiger partial charge in [0.25, 0.3) is 0 Å². The minimum atomic E-state index is -0.481. The van der Waals surface area contributed by atoms with Gasteiger partial charge in [-0.1, -0.05) is 5.16 Å². The minimum absolute atomic E-state index is 0.101. The maximum absolute atomic E-state index is 11.6. The first-order chi connectivity index (χ1) is 9.17. The third-order valence-corrected chi connectivity index (χ3v) is 2.28. The van der Waals surface area contributed by atoms with Crippen molar-refractivity contribution in [1.29, 1.82) is 0 Å². The van der Waals surface area contributed by atoms with Gasteiger partial charge in [0.15, 0.2) is 5.82 Å². The Morgan fingerprint density at radius 2 is 2.10 bits per heavy atom. The second kappa shape index (κ2) is 6.81. The number of carbonyl (C=O) groups excluding carboxylic acids is 1. The molecule has 7 heteroatoms. The number of nitrogens with zero attached hydrogens (tertiary/aromatic N) is 3. The molecule has 0 saturated carbocycles. The van der Waals surface area contributed by atoms with E-state index < -0.39 is 5.60 Å². The molecule has 1 aromatic heterocycles. The topological polar surface area (TPSA) is 80.5 Å². The van der Waals surface area contributed by atoms with Crippen molar-refractivity contribution in [2.24, 2.45) is 0 Å². The second-order valence-corrected chi connectivity index (χ2v) is 5.98. The van der Waals surface area contributed by atoms with Gasteiger partial charge in [0, 0.05) is 0 Å². The number of aromatic nitrogens is 2. The van der Waals surface area contributed by atoms with Gasteiger partial charge in [0.2, 0.25) is 5.89 Å².